The third-order valence-electron chi connectivity index (χ3n) is 4.31. The maximum atomic E-state index is 4.53. The van der Waals surface area contributed by atoms with Crippen LogP contribution in [0.1, 0.15) is 20.8 Å². The van der Waals surface area contributed by atoms with Gasteiger partial charge in [0.25, 0.3) is 0 Å². The van der Waals surface area contributed by atoms with Crippen LogP contribution in [0.5, 0.6) is 0 Å². The minimum atomic E-state index is 0.238. The largest absolute Gasteiger partial charge is 0.366 e. The van der Waals surface area contributed by atoms with Gasteiger partial charge in [0.1, 0.15) is 6.33 Å². The van der Waals surface area contributed by atoms with Gasteiger partial charge in [-0.3, -0.25) is 4.90 Å². The van der Waals surface area contributed by atoms with E-state index in [0.717, 1.165) is 43.1 Å². The zero-order valence-corrected chi connectivity index (χ0v) is 13.7. The van der Waals surface area contributed by atoms with Crippen molar-refractivity contribution in [2.24, 2.45) is 0 Å². The minimum Gasteiger partial charge on any atom is -0.366 e. The summed E-state index contributed by atoms with van der Waals surface area (Å²) in [5.41, 5.74) is 3.56. The summed E-state index contributed by atoms with van der Waals surface area (Å²) in [4.78, 5) is 13.7. The van der Waals surface area contributed by atoms with Crippen LogP contribution in [-0.4, -0.2) is 46.6 Å². The highest BCUT2D eigenvalue weighted by Crippen LogP contribution is 2.29. The van der Waals surface area contributed by atoms with Crippen molar-refractivity contribution >= 4 is 5.69 Å². The Hall–Kier alpha value is -1.94. The predicted octanol–water partition coefficient (Wildman–Crippen LogP) is 3.06. The number of nitrogens with zero attached hydrogens (tertiary/aromatic N) is 4. The van der Waals surface area contributed by atoms with E-state index in [4.69, 9.17) is 0 Å². The molecule has 116 valence electrons. The molecule has 1 aromatic carbocycles. The molecule has 1 saturated heterocycles. The van der Waals surface area contributed by atoms with Gasteiger partial charge in [0.15, 0.2) is 0 Å². The third-order valence-corrected chi connectivity index (χ3v) is 4.31. The molecular formula is C18H24N4. The van der Waals surface area contributed by atoms with E-state index < -0.39 is 0 Å². The van der Waals surface area contributed by atoms with Crippen LogP contribution in [0.4, 0.5) is 5.69 Å². The molecule has 1 aromatic heterocycles. The van der Waals surface area contributed by atoms with Gasteiger partial charge < -0.3 is 4.90 Å². The van der Waals surface area contributed by atoms with Crippen LogP contribution >= 0.6 is 0 Å². The fraction of sp³-hybridized carbons (Fsp3) is 0.444. The van der Waals surface area contributed by atoms with E-state index in [2.05, 4.69) is 64.8 Å². The van der Waals surface area contributed by atoms with Crippen molar-refractivity contribution < 1.29 is 0 Å². The fourth-order valence-corrected chi connectivity index (χ4v) is 2.99. The first-order valence-electron chi connectivity index (χ1n) is 7.91. The highest BCUT2D eigenvalue weighted by atomic mass is 15.3. The monoisotopic (exact) mass is 296 g/mol. The predicted molar refractivity (Wildman–Crippen MR) is 91.0 cm³/mol. The van der Waals surface area contributed by atoms with Crippen molar-refractivity contribution in [2.75, 3.05) is 31.1 Å². The molecule has 0 aliphatic carbocycles. The molecule has 0 bridgehead atoms. The maximum absolute atomic E-state index is 4.53. The van der Waals surface area contributed by atoms with Crippen LogP contribution in [0.25, 0.3) is 11.3 Å². The molecule has 4 nitrogen and oxygen atoms in total. The first-order chi connectivity index (χ1) is 10.6. The van der Waals surface area contributed by atoms with Crippen LogP contribution in [-0.2, 0) is 0 Å². The average molecular weight is 296 g/mol. The molecule has 22 heavy (non-hydrogen) atoms. The second-order valence-corrected chi connectivity index (χ2v) is 6.77. The molecule has 2 heterocycles. The number of hydrogen-bond acceptors (Lipinski definition) is 4. The summed E-state index contributed by atoms with van der Waals surface area (Å²) in [6.07, 6.45) is 3.58. The first-order valence-corrected chi connectivity index (χ1v) is 7.91. The maximum Gasteiger partial charge on any atom is 0.116 e. The molecule has 0 spiro atoms. The summed E-state index contributed by atoms with van der Waals surface area (Å²) in [5.74, 6) is 0. The lowest BCUT2D eigenvalue weighted by Gasteiger charge is -2.43. The van der Waals surface area contributed by atoms with E-state index in [-0.39, 0.29) is 5.54 Å². The van der Waals surface area contributed by atoms with Gasteiger partial charge in [-0.1, -0.05) is 30.3 Å². The molecule has 0 radical (unpaired) electrons. The Morgan fingerprint density at radius 2 is 1.64 bits per heavy atom. The van der Waals surface area contributed by atoms with Crippen molar-refractivity contribution in [1.82, 2.24) is 14.9 Å². The molecule has 2 aromatic rings. The number of aromatic nitrogens is 2. The number of benzene rings is 1. The Bertz CT molecular complexity index is 610. The van der Waals surface area contributed by atoms with E-state index in [0.29, 0.717) is 0 Å². The third kappa shape index (κ3) is 3.12. The van der Waals surface area contributed by atoms with Crippen molar-refractivity contribution in [3.05, 3.63) is 42.9 Å². The normalized spacial score (nSPS) is 16.8. The number of rotatable bonds is 2. The van der Waals surface area contributed by atoms with E-state index in [1.54, 1.807) is 6.33 Å². The van der Waals surface area contributed by atoms with E-state index >= 15 is 0 Å². The molecule has 1 aliphatic rings. The average Bonchev–Trinajstić information content (AvgIpc) is 2.55. The topological polar surface area (TPSA) is 32.3 Å². The lowest BCUT2D eigenvalue weighted by molar-refractivity contribution is 0.128. The highest BCUT2D eigenvalue weighted by molar-refractivity contribution is 5.74. The zero-order valence-electron chi connectivity index (χ0n) is 13.7. The van der Waals surface area contributed by atoms with E-state index in [9.17, 15) is 0 Å². The summed E-state index contributed by atoms with van der Waals surface area (Å²) < 4.78 is 0. The summed E-state index contributed by atoms with van der Waals surface area (Å²) in [6, 6.07) is 10.4. The number of anilines is 1. The quantitative estimate of drug-likeness (QED) is 0.852. The van der Waals surface area contributed by atoms with Crippen molar-refractivity contribution in [2.45, 2.75) is 26.3 Å². The molecule has 3 rings (SSSR count). The molecule has 0 unspecified atom stereocenters. The second kappa shape index (κ2) is 6.05. The van der Waals surface area contributed by atoms with Gasteiger partial charge in [-0.05, 0) is 20.8 Å². The summed E-state index contributed by atoms with van der Waals surface area (Å²) in [6.45, 7) is 11.0. The number of hydrogen-bond donors (Lipinski definition) is 0. The van der Waals surface area contributed by atoms with Crippen LogP contribution in [0.3, 0.4) is 0 Å². The minimum absolute atomic E-state index is 0.238. The Morgan fingerprint density at radius 1 is 0.955 bits per heavy atom. The lowest BCUT2D eigenvalue weighted by atomic mass is 10.0. The van der Waals surface area contributed by atoms with Gasteiger partial charge >= 0.3 is 0 Å². The molecule has 1 aliphatic heterocycles. The van der Waals surface area contributed by atoms with Gasteiger partial charge in [0, 0.05) is 37.3 Å². The Labute approximate surface area is 132 Å². The molecule has 0 saturated carbocycles. The Balaban J connectivity index is 1.82. The van der Waals surface area contributed by atoms with Gasteiger partial charge in [0.2, 0.25) is 0 Å². The van der Waals surface area contributed by atoms with Crippen LogP contribution < -0.4 is 4.90 Å². The molecule has 1 fully saturated rings. The van der Waals surface area contributed by atoms with Crippen LogP contribution in [0.15, 0.2) is 42.9 Å². The molecule has 0 amide bonds. The fourth-order valence-electron chi connectivity index (χ4n) is 2.99. The zero-order chi connectivity index (χ0) is 15.6. The van der Waals surface area contributed by atoms with Crippen molar-refractivity contribution in [1.29, 1.82) is 0 Å². The van der Waals surface area contributed by atoms with Crippen LogP contribution in [0, 0.1) is 0 Å². The van der Waals surface area contributed by atoms with Crippen molar-refractivity contribution in [3.8, 4) is 11.3 Å². The van der Waals surface area contributed by atoms with Gasteiger partial charge in [-0.2, -0.15) is 0 Å². The first kappa shape index (κ1) is 15.0. The van der Waals surface area contributed by atoms with Gasteiger partial charge in [-0.15, -0.1) is 0 Å². The summed E-state index contributed by atoms with van der Waals surface area (Å²) >= 11 is 0. The standard InChI is InChI=1S/C18H24N4/c1-18(2,3)22-11-9-21(10-12-22)16-13-19-14-20-17(16)15-7-5-4-6-8-15/h4-8,13-14H,9-12H2,1-3H3. The Kier molecular flexibility index (Phi) is 4.12. The highest BCUT2D eigenvalue weighted by Gasteiger charge is 2.27. The van der Waals surface area contributed by atoms with Crippen LogP contribution in [0.2, 0.25) is 0 Å². The van der Waals surface area contributed by atoms with E-state index in [1.165, 1.54) is 0 Å². The second-order valence-electron chi connectivity index (χ2n) is 6.77. The van der Waals surface area contributed by atoms with Crippen molar-refractivity contribution in [3.63, 3.8) is 0 Å². The molecule has 0 atom stereocenters. The van der Waals surface area contributed by atoms with Gasteiger partial charge in [-0.25, -0.2) is 9.97 Å². The number of piperazine rings is 1. The SMILES string of the molecule is CC(C)(C)N1CCN(c2cncnc2-c2ccccc2)CC1. The molecule has 4 heteroatoms. The Morgan fingerprint density at radius 3 is 2.27 bits per heavy atom. The lowest BCUT2D eigenvalue weighted by Crippen LogP contribution is -2.53. The summed E-state index contributed by atoms with van der Waals surface area (Å²) in [7, 11) is 0. The van der Waals surface area contributed by atoms with E-state index in [1.807, 2.05) is 12.3 Å². The smallest absolute Gasteiger partial charge is 0.116 e. The molecule has 0 N–H and O–H groups in total. The van der Waals surface area contributed by atoms with Gasteiger partial charge in [0.05, 0.1) is 17.6 Å². The summed E-state index contributed by atoms with van der Waals surface area (Å²) in [5, 5.41) is 0. The molecular weight excluding hydrogens is 272 g/mol.